The Morgan fingerprint density at radius 1 is 1.29 bits per heavy atom. The van der Waals surface area contributed by atoms with Crippen LogP contribution >= 0.6 is 15.9 Å². The first-order valence-corrected chi connectivity index (χ1v) is 10.8. The summed E-state index contributed by atoms with van der Waals surface area (Å²) >= 11 is 3.38. The van der Waals surface area contributed by atoms with Crippen molar-refractivity contribution in [3.63, 3.8) is 0 Å². The van der Waals surface area contributed by atoms with Crippen molar-refractivity contribution < 1.29 is 17.9 Å². The average molecular weight is 416 g/mol. The van der Waals surface area contributed by atoms with Crippen LogP contribution in [0.25, 0.3) is 0 Å². The van der Waals surface area contributed by atoms with Gasteiger partial charge in [-0.25, -0.2) is 8.42 Å². The lowest BCUT2D eigenvalue weighted by Gasteiger charge is -2.21. The van der Waals surface area contributed by atoms with Crippen molar-refractivity contribution in [3.05, 3.63) is 34.3 Å². The fourth-order valence-electron chi connectivity index (χ4n) is 3.20. The first kappa shape index (κ1) is 17.9. The van der Waals surface area contributed by atoms with E-state index in [1.165, 1.54) is 0 Å². The molecular formula is C17H22BrNO4S. The molecule has 1 heterocycles. The van der Waals surface area contributed by atoms with E-state index < -0.39 is 10.0 Å². The van der Waals surface area contributed by atoms with Gasteiger partial charge in [0.2, 0.25) is 15.9 Å². The maximum Gasteiger partial charge on any atom is 0.237 e. The first-order chi connectivity index (χ1) is 11.4. The van der Waals surface area contributed by atoms with Crippen LogP contribution in [0.15, 0.2) is 28.7 Å². The summed E-state index contributed by atoms with van der Waals surface area (Å²) < 4.78 is 32.9. The van der Waals surface area contributed by atoms with Crippen molar-refractivity contribution >= 4 is 31.9 Å². The van der Waals surface area contributed by atoms with Crippen LogP contribution in [0.5, 0.6) is 0 Å². The molecule has 132 valence electrons. The zero-order valence-corrected chi connectivity index (χ0v) is 15.8. The van der Waals surface area contributed by atoms with Gasteiger partial charge in [0.05, 0.1) is 5.75 Å². The van der Waals surface area contributed by atoms with Crippen molar-refractivity contribution in [2.24, 2.45) is 11.8 Å². The number of amides is 1. The molecule has 0 aromatic heterocycles. The van der Waals surface area contributed by atoms with Crippen LogP contribution in [0.4, 0.5) is 0 Å². The molecule has 3 atom stereocenters. The molecule has 1 amide bonds. The van der Waals surface area contributed by atoms with E-state index in [4.69, 9.17) is 4.74 Å². The lowest BCUT2D eigenvalue weighted by atomic mass is 10.00. The highest BCUT2D eigenvalue weighted by molar-refractivity contribution is 9.10. The van der Waals surface area contributed by atoms with Gasteiger partial charge < -0.3 is 4.74 Å². The minimum Gasteiger partial charge on any atom is -0.381 e. The molecule has 3 rings (SSSR count). The Labute approximate surface area is 151 Å². The fraction of sp³-hybridized carbons (Fsp3) is 0.588. The molecule has 1 unspecified atom stereocenters. The van der Waals surface area contributed by atoms with Crippen molar-refractivity contribution in [2.75, 3.05) is 19.0 Å². The lowest BCUT2D eigenvalue weighted by Crippen LogP contribution is -2.35. The zero-order chi connectivity index (χ0) is 17.2. The molecule has 2 aliphatic rings. The number of benzene rings is 1. The highest BCUT2D eigenvalue weighted by Gasteiger charge is 2.44. The molecule has 0 radical (unpaired) electrons. The van der Waals surface area contributed by atoms with E-state index in [9.17, 15) is 13.2 Å². The minimum atomic E-state index is -3.56. The highest BCUT2D eigenvalue weighted by Crippen LogP contribution is 2.47. The molecule has 1 N–H and O–H groups in total. The number of ether oxygens (including phenoxy) is 1. The number of hydrogen-bond donors (Lipinski definition) is 1. The zero-order valence-electron chi connectivity index (χ0n) is 13.4. The van der Waals surface area contributed by atoms with Crippen molar-refractivity contribution in [1.82, 2.24) is 4.72 Å². The predicted molar refractivity (Wildman–Crippen MR) is 95.1 cm³/mol. The molecule has 1 aromatic rings. The van der Waals surface area contributed by atoms with Crippen molar-refractivity contribution in [3.8, 4) is 0 Å². The van der Waals surface area contributed by atoms with Crippen molar-refractivity contribution in [1.29, 1.82) is 0 Å². The third kappa shape index (κ3) is 4.80. The first-order valence-electron chi connectivity index (χ1n) is 8.32. The van der Waals surface area contributed by atoms with Gasteiger partial charge in [0, 0.05) is 23.6 Å². The summed E-state index contributed by atoms with van der Waals surface area (Å²) in [6.07, 6.45) is 3.23. The molecule has 24 heavy (non-hydrogen) atoms. The number of sulfonamides is 1. The minimum absolute atomic E-state index is 0.0115. The molecule has 2 fully saturated rings. The standard InChI is InChI=1S/C17H22BrNO4S/c18-14-5-3-13(4-6-14)15-10-16(15)17(20)19-24(21,22)9-7-12-2-1-8-23-11-12/h3-6,12,15-16H,1-2,7-11H2,(H,19,20)/t12?,15-,16+/m0/s1. The monoisotopic (exact) mass is 415 g/mol. The number of rotatable bonds is 6. The van der Waals surface area contributed by atoms with Gasteiger partial charge in [-0.05, 0) is 55.2 Å². The van der Waals surface area contributed by atoms with Gasteiger partial charge in [-0.1, -0.05) is 28.1 Å². The van der Waals surface area contributed by atoms with Crippen LogP contribution < -0.4 is 4.72 Å². The molecule has 1 aliphatic carbocycles. The van der Waals surface area contributed by atoms with Crippen LogP contribution in [-0.2, 0) is 19.6 Å². The summed E-state index contributed by atoms with van der Waals surface area (Å²) in [5.74, 6) is -0.216. The summed E-state index contributed by atoms with van der Waals surface area (Å²) in [6, 6.07) is 7.82. The maximum absolute atomic E-state index is 12.2. The van der Waals surface area contributed by atoms with Gasteiger partial charge in [0.15, 0.2) is 0 Å². The molecule has 5 nitrogen and oxygen atoms in total. The summed E-state index contributed by atoms with van der Waals surface area (Å²) in [5, 5.41) is 0. The largest absolute Gasteiger partial charge is 0.381 e. The summed E-state index contributed by atoms with van der Waals surface area (Å²) in [7, 11) is -3.56. The maximum atomic E-state index is 12.2. The second kappa shape index (κ2) is 7.54. The molecule has 1 aromatic carbocycles. The Kier molecular flexibility index (Phi) is 5.62. The predicted octanol–water partition coefficient (Wildman–Crippen LogP) is 2.82. The number of hydrogen-bond acceptors (Lipinski definition) is 4. The average Bonchev–Trinajstić information content (AvgIpc) is 3.35. The Hall–Kier alpha value is -0.920. The van der Waals surface area contributed by atoms with E-state index in [0.29, 0.717) is 19.4 Å². The van der Waals surface area contributed by atoms with Gasteiger partial charge in [-0.2, -0.15) is 0 Å². The third-order valence-corrected chi connectivity index (χ3v) is 6.54. The lowest BCUT2D eigenvalue weighted by molar-refractivity contribution is -0.120. The molecule has 1 aliphatic heterocycles. The third-order valence-electron chi connectivity index (χ3n) is 4.73. The Bertz CT molecular complexity index is 683. The SMILES string of the molecule is O=C(NS(=O)(=O)CCC1CCCOC1)[C@@H]1C[C@H]1c1ccc(Br)cc1. The highest BCUT2D eigenvalue weighted by atomic mass is 79.9. The van der Waals surface area contributed by atoms with E-state index in [0.717, 1.165) is 29.5 Å². The van der Waals surface area contributed by atoms with E-state index in [1.807, 2.05) is 24.3 Å². The number of nitrogens with one attached hydrogen (secondary N) is 1. The summed E-state index contributed by atoms with van der Waals surface area (Å²) in [6.45, 7) is 1.39. The molecule has 7 heteroatoms. The molecule has 0 spiro atoms. The molecule has 0 bridgehead atoms. The summed E-state index contributed by atoms with van der Waals surface area (Å²) in [5.41, 5.74) is 1.08. The fourth-order valence-corrected chi connectivity index (χ4v) is 4.67. The van der Waals surface area contributed by atoms with E-state index in [-0.39, 0.29) is 29.4 Å². The summed E-state index contributed by atoms with van der Waals surface area (Å²) in [4.78, 5) is 12.2. The normalized spacial score (nSPS) is 26.8. The molecular weight excluding hydrogens is 394 g/mol. The number of carbonyl (C=O) groups is 1. The molecule has 1 saturated carbocycles. The Morgan fingerprint density at radius 3 is 2.71 bits per heavy atom. The smallest absolute Gasteiger partial charge is 0.237 e. The van der Waals surface area contributed by atoms with Crippen LogP contribution in [-0.4, -0.2) is 33.3 Å². The van der Waals surface area contributed by atoms with Gasteiger partial charge in [0.25, 0.3) is 0 Å². The van der Waals surface area contributed by atoms with Gasteiger partial charge in [-0.15, -0.1) is 0 Å². The van der Waals surface area contributed by atoms with Crippen LogP contribution in [0.3, 0.4) is 0 Å². The Morgan fingerprint density at radius 2 is 2.04 bits per heavy atom. The van der Waals surface area contributed by atoms with E-state index >= 15 is 0 Å². The van der Waals surface area contributed by atoms with Gasteiger partial charge >= 0.3 is 0 Å². The topological polar surface area (TPSA) is 72.5 Å². The number of carbonyl (C=O) groups excluding carboxylic acids is 1. The second-order valence-corrected chi connectivity index (χ2v) is 9.41. The quantitative estimate of drug-likeness (QED) is 0.774. The van der Waals surface area contributed by atoms with Crippen molar-refractivity contribution in [2.45, 2.75) is 31.6 Å². The van der Waals surface area contributed by atoms with E-state index in [2.05, 4.69) is 20.7 Å². The Balaban J connectivity index is 1.48. The van der Waals surface area contributed by atoms with Gasteiger partial charge in [0.1, 0.15) is 0 Å². The van der Waals surface area contributed by atoms with Crippen LogP contribution in [0.1, 0.15) is 37.2 Å². The van der Waals surface area contributed by atoms with Crippen LogP contribution in [0.2, 0.25) is 0 Å². The van der Waals surface area contributed by atoms with Crippen LogP contribution in [0, 0.1) is 11.8 Å². The second-order valence-electron chi connectivity index (χ2n) is 6.66. The number of halogens is 1. The molecule has 1 saturated heterocycles. The van der Waals surface area contributed by atoms with Gasteiger partial charge in [-0.3, -0.25) is 9.52 Å². The van der Waals surface area contributed by atoms with E-state index in [1.54, 1.807) is 0 Å².